The van der Waals surface area contributed by atoms with Crippen LogP contribution in [0.5, 0.6) is 0 Å². The third kappa shape index (κ3) is 3.36. The Balaban J connectivity index is 1.42. The number of carbonyl (C=O) groups is 2. The summed E-state index contributed by atoms with van der Waals surface area (Å²) in [6.07, 6.45) is 2.17. The molecule has 2 aliphatic heterocycles. The Morgan fingerprint density at radius 2 is 2.04 bits per heavy atom. The van der Waals surface area contributed by atoms with Crippen molar-refractivity contribution in [1.29, 1.82) is 0 Å². The molecule has 2 aliphatic rings. The van der Waals surface area contributed by atoms with Crippen LogP contribution in [0, 0.1) is 0 Å². The Bertz CT molecular complexity index is 787. The fourth-order valence-electron chi connectivity index (χ4n) is 3.29. The summed E-state index contributed by atoms with van der Waals surface area (Å²) < 4.78 is 5.28. The number of amides is 2. The number of carbonyl (C=O) groups excluding carboxylic acids is 2. The molecule has 132 valence electrons. The molecule has 1 unspecified atom stereocenters. The average Bonchev–Trinajstić information content (AvgIpc) is 3.27. The minimum absolute atomic E-state index is 0.0258. The van der Waals surface area contributed by atoms with Gasteiger partial charge in [0.05, 0.1) is 6.04 Å². The van der Waals surface area contributed by atoms with Gasteiger partial charge in [0.1, 0.15) is 5.52 Å². The number of benzene rings is 1. The maximum absolute atomic E-state index is 12.8. The largest absolute Gasteiger partial charge is 0.443 e. The van der Waals surface area contributed by atoms with Gasteiger partial charge in [-0.05, 0) is 24.6 Å². The van der Waals surface area contributed by atoms with Crippen LogP contribution in [-0.2, 0) is 4.79 Å². The van der Waals surface area contributed by atoms with Crippen molar-refractivity contribution in [2.45, 2.75) is 12.5 Å². The van der Waals surface area contributed by atoms with Crippen LogP contribution < -0.4 is 5.32 Å². The van der Waals surface area contributed by atoms with Gasteiger partial charge in [-0.15, -0.1) is 11.8 Å². The van der Waals surface area contributed by atoms with Gasteiger partial charge in [0.25, 0.3) is 5.91 Å². The van der Waals surface area contributed by atoms with E-state index < -0.39 is 0 Å². The van der Waals surface area contributed by atoms with Crippen molar-refractivity contribution < 1.29 is 14.0 Å². The Morgan fingerprint density at radius 1 is 1.20 bits per heavy atom. The van der Waals surface area contributed by atoms with Crippen molar-refractivity contribution in [2.75, 3.05) is 37.8 Å². The Morgan fingerprint density at radius 3 is 2.88 bits per heavy atom. The van der Waals surface area contributed by atoms with Gasteiger partial charge in [-0.1, -0.05) is 0 Å². The van der Waals surface area contributed by atoms with Crippen LogP contribution in [0.4, 0.5) is 0 Å². The molecule has 0 saturated carbocycles. The maximum Gasteiger partial charge on any atom is 0.254 e. The van der Waals surface area contributed by atoms with Gasteiger partial charge in [0, 0.05) is 43.4 Å². The standard InChI is InChI=1S/C17H20N4O3S/c22-16(12-2-3-13-15(8-12)24-10-18-13)20-4-1-5-21(7-6-20)17(23)14-9-25-11-19-14/h2-3,8,10,14,19H,1,4-7,9,11H2. The maximum atomic E-state index is 12.8. The van der Waals surface area contributed by atoms with E-state index in [9.17, 15) is 9.59 Å². The fourth-order valence-corrected chi connectivity index (χ4v) is 4.22. The van der Waals surface area contributed by atoms with Gasteiger partial charge >= 0.3 is 0 Å². The predicted molar refractivity (Wildman–Crippen MR) is 95.4 cm³/mol. The minimum atomic E-state index is -0.0823. The topological polar surface area (TPSA) is 78.7 Å². The Kier molecular flexibility index (Phi) is 4.63. The number of hydrogen-bond acceptors (Lipinski definition) is 6. The number of aromatic nitrogens is 1. The second-order valence-corrected chi connectivity index (χ2v) is 7.31. The van der Waals surface area contributed by atoms with Crippen molar-refractivity contribution in [3.8, 4) is 0 Å². The normalized spacial score (nSPS) is 21.5. The van der Waals surface area contributed by atoms with E-state index in [1.165, 1.54) is 6.39 Å². The van der Waals surface area contributed by atoms with Gasteiger partial charge < -0.3 is 14.2 Å². The summed E-state index contributed by atoms with van der Waals surface area (Å²) >= 11 is 1.75. The number of fused-ring (bicyclic) bond motifs is 1. The van der Waals surface area contributed by atoms with Crippen molar-refractivity contribution in [1.82, 2.24) is 20.1 Å². The molecule has 7 nitrogen and oxygen atoms in total. The molecule has 4 rings (SSSR count). The first-order valence-corrected chi connectivity index (χ1v) is 9.60. The molecule has 0 bridgehead atoms. The molecule has 2 aromatic rings. The van der Waals surface area contributed by atoms with Crippen molar-refractivity contribution >= 4 is 34.7 Å². The quantitative estimate of drug-likeness (QED) is 0.866. The highest BCUT2D eigenvalue weighted by atomic mass is 32.2. The van der Waals surface area contributed by atoms with Gasteiger partial charge in [0.15, 0.2) is 12.0 Å². The number of nitrogens with zero attached hydrogens (tertiary/aromatic N) is 3. The molecule has 0 radical (unpaired) electrons. The molecular formula is C17H20N4O3S. The van der Waals surface area contributed by atoms with Crippen LogP contribution in [0.15, 0.2) is 29.0 Å². The molecule has 25 heavy (non-hydrogen) atoms. The van der Waals surface area contributed by atoms with Crippen LogP contribution >= 0.6 is 11.8 Å². The molecule has 2 fully saturated rings. The van der Waals surface area contributed by atoms with Crippen LogP contribution in [0.2, 0.25) is 0 Å². The smallest absolute Gasteiger partial charge is 0.254 e. The lowest BCUT2D eigenvalue weighted by molar-refractivity contribution is -0.132. The zero-order valence-corrected chi connectivity index (χ0v) is 14.6. The van der Waals surface area contributed by atoms with Crippen LogP contribution in [0.3, 0.4) is 0 Å². The molecule has 0 spiro atoms. The highest BCUT2D eigenvalue weighted by Gasteiger charge is 2.29. The predicted octanol–water partition coefficient (Wildman–Crippen LogP) is 1.16. The number of oxazole rings is 1. The zero-order valence-electron chi connectivity index (χ0n) is 13.8. The van der Waals surface area contributed by atoms with E-state index in [0.29, 0.717) is 37.3 Å². The van der Waals surface area contributed by atoms with E-state index >= 15 is 0 Å². The highest BCUT2D eigenvalue weighted by molar-refractivity contribution is 7.99. The molecule has 3 heterocycles. The van der Waals surface area contributed by atoms with Gasteiger partial charge in [-0.2, -0.15) is 0 Å². The van der Waals surface area contributed by atoms with Gasteiger partial charge in [-0.3, -0.25) is 14.9 Å². The lowest BCUT2D eigenvalue weighted by Crippen LogP contribution is -2.46. The molecule has 8 heteroatoms. The summed E-state index contributed by atoms with van der Waals surface area (Å²) in [6, 6.07) is 5.23. The first-order chi connectivity index (χ1) is 12.2. The van der Waals surface area contributed by atoms with Crippen LogP contribution in [0.25, 0.3) is 11.1 Å². The summed E-state index contributed by atoms with van der Waals surface area (Å²) in [7, 11) is 0. The fraction of sp³-hybridized carbons (Fsp3) is 0.471. The number of hydrogen-bond donors (Lipinski definition) is 1. The Hall–Kier alpha value is -2.06. The lowest BCUT2D eigenvalue weighted by atomic mass is 10.1. The number of thioether (sulfide) groups is 1. The summed E-state index contributed by atoms with van der Waals surface area (Å²) in [5.74, 6) is 1.79. The van der Waals surface area contributed by atoms with Crippen molar-refractivity contribution in [3.63, 3.8) is 0 Å². The van der Waals surface area contributed by atoms with E-state index in [4.69, 9.17) is 4.42 Å². The summed E-state index contributed by atoms with van der Waals surface area (Å²) in [4.78, 5) is 33.1. The Labute approximate surface area is 149 Å². The first kappa shape index (κ1) is 16.4. The summed E-state index contributed by atoms with van der Waals surface area (Å²) in [5.41, 5.74) is 1.95. The zero-order chi connectivity index (χ0) is 17.2. The monoisotopic (exact) mass is 360 g/mol. The molecular weight excluding hydrogens is 340 g/mol. The van der Waals surface area contributed by atoms with Crippen molar-refractivity contribution in [3.05, 3.63) is 30.2 Å². The molecule has 1 N–H and O–H groups in total. The van der Waals surface area contributed by atoms with E-state index in [1.54, 1.807) is 30.0 Å². The van der Waals surface area contributed by atoms with E-state index in [2.05, 4.69) is 10.3 Å². The molecule has 1 aromatic heterocycles. The van der Waals surface area contributed by atoms with Crippen LogP contribution in [0.1, 0.15) is 16.8 Å². The highest BCUT2D eigenvalue weighted by Crippen LogP contribution is 2.18. The number of nitrogens with one attached hydrogen (secondary N) is 1. The molecule has 0 aliphatic carbocycles. The SMILES string of the molecule is O=C(c1ccc2ncoc2c1)N1CCCN(C(=O)C2CSCN2)CC1. The summed E-state index contributed by atoms with van der Waals surface area (Å²) in [6.45, 7) is 2.49. The van der Waals surface area contributed by atoms with E-state index in [-0.39, 0.29) is 17.9 Å². The first-order valence-electron chi connectivity index (χ1n) is 8.45. The molecule has 1 aromatic carbocycles. The molecule has 1 atom stereocenters. The third-order valence-electron chi connectivity index (χ3n) is 4.69. The second-order valence-electron chi connectivity index (χ2n) is 6.28. The van der Waals surface area contributed by atoms with Crippen molar-refractivity contribution in [2.24, 2.45) is 0 Å². The van der Waals surface area contributed by atoms with Crippen LogP contribution in [-0.4, -0.2) is 70.4 Å². The molecule has 2 amide bonds. The van der Waals surface area contributed by atoms with E-state index in [1.807, 2.05) is 9.80 Å². The number of rotatable bonds is 2. The van der Waals surface area contributed by atoms with Gasteiger partial charge in [-0.25, -0.2) is 4.98 Å². The minimum Gasteiger partial charge on any atom is -0.443 e. The van der Waals surface area contributed by atoms with E-state index in [0.717, 1.165) is 23.6 Å². The summed E-state index contributed by atoms with van der Waals surface area (Å²) in [5, 5.41) is 3.22. The van der Waals surface area contributed by atoms with Gasteiger partial charge in [0.2, 0.25) is 5.91 Å². The molecule has 2 saturated heterocycles. The third-order valence-corrected chi connectivity index (χ3v) is 5.63. The second kappa shape index (κ2) is 7.05. The average molecular weight is 360 g/mol. The lowest BCUT2D eigenvalue weighted by Gasteiger charge is -2.24.